The number of piperidine rings is 1. The van der Waals surface area contributed by atoms with E-state index >= 15 is 0 Å². The Morgan fingerprint density at radius 2 is 1.70 bits per heavy atom. The van der Waals surface area contributed by atoms with Crippen LogP contribution in [0.4, 0.5) is 16.2 Å². The number of carbonyl (C=O) groups excluding carboxylic acids is 2. The summed E-state index contributed by atoms with van der Waals surface area (Å²) < 4.78 is 0. The number of amides is 3. The summed E-state index contributed by atoms with van der Waals surface area (Å²) in [7, 11) is 1.81. The van der Waals surface area contributed by atoms with Crippen molar-refractivity contribution < 1.29 is 9.59 Å². The monoisotopic (exact) mass is 366 g/mol. The minimum absolute atomic E-state index is 0.00464. The van der Waals surface area contributed by atoms with E-state index in [1.54, 1.807) is 17.0 Å². The van der Waals surface area contributed by atoms with Gasteiger partial charge in [-0.3, -0.25) is 4.79 Å². The molecule has 0 unspecified atom stereocenters. The summed E-state index contributed by atoms with van der Waals surface area (Å²) in [6.07, 6.45) is 1.31. The van der Waals surface area contributed by atoms with E-state index in [0.29, 0.717) is 43.9 Å². The Morgan fingerprint density at radius 3 is 2.37 bits per heavy atom. The average Bonchev–Trinajstić information content (AvgIpc) is 2.70. The molecule has 0 spiro atoms. The second kappa shape index (κ2) is 8.58. The molecule has 1 aliphatic rings. The van der Waals surface area contributed by atoms with E-state index in [9.17, 15) is 9.59 Å². The molecule has 1 fully saturated rings. The second-order valence-corrected chi connectivity index (χ2v) is 6.96. The van der Waals surface area contributed by atoms with Gasteiger partial charge in [0.25, 0.3) is 0 Å². The van der Waals surface area contributed by atoms with E-state index < -0.39 is 0 Å². The first-order chi connectivity index (χ1) is 13.0. The SMILES string of the molecule is CN(Cc1ccccc1)C(=O)N1CCC(C(=O)Nc2ccccc2N)CC1. The molecule has 142 valence electrons. The fraction of sp³-hybridized carbons (Fsp3) is 0.333. The molecule has 0 atom stereocenters. The van der Waals surface area contributed by atoms with E-state index in [1.165, 1.54) is 0 Å². The van der Waals surface area contributed by atoms with Gasteiger partial charge in [0.1, 0.15) is 0 Å². The molecule has 3 N–H and O–H groups in total. The summed E-state index contributed by atoms with van der Waals surface area (Å²) in [6.45, 7) is 1.74. The largest absolute Gasteiger partial charge is 0.397 e. The van der Waals surface area contributed by atoms with Crippen molar-refractivity contribution in [3.05, 3.63) is 60.2 Å². The number of nitrogens with one attached hydrogen (secondary N) is 1. The summed E-state index contributed by atoms with van der Waals surface area (Å²) >= 11 is 0. The molecule has 6 nitrogen and oxygen atoms in total. The van der Waals surface area contributed by atoms with E-state index in [-0.39, 0.29) is 17.9 Å². The highest BCUT2D eigenvalue weighted by molar-refractivity contribution is 5.95. The van der Waals surface area contributed by atoms with Crippen molar-refractivity contribution in [2.24, 2.45) is 5.92 Å². The number of hydrogen-bond acceptors (Lipinski definition) is 3. The number of nitrogens with two attached hydrogens (primary N) is 1. The Hall–Kier alpha value is -3.02. The standard InChI is InChI=1S/C21H26N4O2/c1-24(15-16-7-3-2-4-8-16)21(27)25-13-11-17(12-14-25)20(26)23-19-10-6-5-9-18(19)22/h2-10,17H,11-15,22H2,1H3,(H,23,26). The Bertz CT molecular complexity index is 786. The molecule has 27 heavy (non-hydrogen) atoms. The molecule has 6 heteroatoms. The number of hydrogen-bond donors (Lipinski definition) is 2. The highest BCUT2D eigenvalue weighted by atomic mass is 16.2. The maximum atomic E-state index is 12.6. The van der Waals surface area contributed by atoms with Gasteiger partial charge in [-0.2, -0.15) is 0 Å². The topological polar surface area (TPSA) is 78.7 Å². The third-order valence-electron chi connectivity index (χ3n) is 4.94. The number of benzene rings is 2. The van der Waals surface area contributed by atoms with Crippen LogP contribution in [0.15, 0.2) is 54.6 Å². The van der Waals surface area contributed by atoms with Crippen molar-refractivity contribution in [2.45, 2.75) is 19.4 Å². The molecular formula is C21H26N4O2. The fourth-order valence-corrected chi connectivity index (χ4v) is 3.34. The summed E-state index contributed by atoms with van der Waals surface area (Å²) in [4.78, 5) is 28.7. The van der Waals surface area contributed by atoms with Gasteiger partial charge in [-0.25, -0.2) is 4.79 Å². The van der Waals surface area contributed by atoms with Crippen LogP contribution in [0, 0.1) is 5.92 Å². The first-order valence-corrected chi connectivity index (χ1v) is 9.24. The zero-order chi connectivity index (χ0) is 19.2. The van der Waals surface area contributed by atoms with Gasteiger partial charge in [-0.15, -0.1) is 0 Å². The predicted octanol–water partition coefficient (Wildman–Crippen LogP) is 3.17. The number of likely N-dealkylation sites (tertiary alicyclic amines) is 1. The zero-order valence-electron chi connectivity index (χ0n) is 15.6. The Labute approximate surface area is 159 Å². The lowest BCUT2D eigenvalue weighted by atomic mass is 9.96. The van der Waals surface area contributed by atoms with Crippen LogP contribution in [0.25, 0.3) is 0 Å². The summed E-state index contributed by atoms with van der Waals surface area (Å²) in [5.74, 6) is -0.134. The van der Waals surface area contributed by atoms with E-state index in [4.69, 9.17) is 5.73 Å². The first-order valence-electron chi connectivity index (χ1n) is 9.24. The average molecular weight is 366 g/mol. The van der Waals surface area contributed by atoms with Gasteiger partial charge in [-0.05, 0) is 30.5 Å². The molecule has 2 aromatic rings. The lowest BCUT2D eigenvalue weighted by Crippen LogP contribution is -2.46. The summed E-state index contributed by atoms with van der Waals surface area (Å²) in [5.41, 5.74) is 8.18. The molecule has 1 aliphatic heterocycles. The number of urea groups is 1. The van der Waals surface area contributed by atoms with Crippen LogP contribution in [0.1, 0.15) is 18.4 Å². The van der Waals surface area contributed by atoms with E-state index in [2.05, 4.69) is 5.32 Å². The molecular weight excluding hydrogens is 340 g/mol. The lowest BCUT2D eigenvalue weighted by molar-refractivity contribution is -0.121. The third kappa shape index (κ3) is 4.78. The van der Waals surface area contributed by atoms with Gasteiger partial charge in [0.05, 0.1) is 11.4 Å². The van der Waals surface area contributed by atoms with Crippen molar-refractivity contribution in [1.82, 2.24) is 9.80 Å². The maximum absolute atomic E-state index is 12.6. The number of nitrogens with zero attached hydrogens (tertiary/aromatic N) is 2. The van der Waals surface area contributed by atoms with Gasteiger partial charge in [0.15, 0.2) is 0 Å². The quantitative estimate of drug-likeness (QED) is 0.816. The van der Waals surface area contributed by atoms with Crippen molar-refractivity contribution >= 4 is 23.3 Å². The maximum Gasteiger partial charge on any atom is 0.320 e. The zero-order valence-corrected chi connectivity index (χ0v) is 15.6. The van der Waals surface area contributed by atoms with Gasteiger partial charge >= 0.3 is 6.03 Å². The van der Waals surface area contributed by atoms with Crippen LogP contribution in [0.3, 0.4) is 0 Å². The normalized spacial score (nSPS) is 14.6. The Balaban J connectivity index is 1.50. The smallest absolute Gasteiger partial charge is 0.320 e. The minimum atomic E-state index is -0.104. The summed E-state index contributed by atoms with van der Waals surface area (Å²) in [5, 5.41) is 2.90. The number of nitrogen functional groups attached to an aromatic ring is 1. The lowest BCUT2D eigenvalue weighted by Gasteiger charge is -2.34. The number of para-hydroxylation sites is 2. The fourth-order valence-electron chi connectivity index (χ4n) is 3.34. The van der Waals surface area contributed by atoms with Crippen LogP contribution in [-0.4, -0.2) is 41.9 Å². The second-order valence-electron chi connectivity index (χ2n) is 6.96. The van der Waals surface area contributed by atoms with E-state index in [1.807, 2.05) is 54.4 Å². The molecule has 0 aliphatic carbocycles. The highest BCUT2D eigenvalue weighted by Gasteiger charge is 2.28. The van der Waals surface area contributed by atoms with Crippen molar-refractivity contribution in [2.75, 3.05) is 31.2 Å². The number of anilines is 2. The highest BCUT2D eigenvalue weighted by Crippen LogP contribution is 2.23. The van der Waals surface area contributed by atoms with Gasteiger partial charge < -0.3 is 20.9 Å². The Morgan fingerprint density at radius 1 is 1.07 bits per heavy atom. The first kappa shape index (κ1) is 18.8. The predicted molar refractivity (Wildman–Crippen MR) is 107 cm³/mol. The molecule has 3 rings (SSSR count). The molecule has 1 saturated heterocycles. The molecule has 0 bridgehead atoms. The van der Waals surface area contributed by atoms with Crippen LogP contribution in [0.5, 0.6) is 0 Å². The van der Waals surface area contributed by atoms with Crippen LogP contribution >= 0.6 is 0 Å². The minimum Gasteiger partial charge on any atom is -0.397 e. The molecule has 2 aromatic carbocycles. The summed E-state index contributed by atoms with van der Waals surface area (Å²) in [6, 6.07) is 17.2. The van der Waals surface area contributed by atoms with Crippen molar-refractivity contribution in [1.29, 1.82) is 0 Å². The van der Waals surface area contributed by atoms with Crippen LogP contribution < -0.4 is 11.1 Å². The van der Waals surface area contributed by atoms with E-state index in [0.717, 1.165) is 5.56 Å². The molecule has 3 amide bonds. The van der Waals surface area contributed by atoms with Crippen LogP contribution in [-0.2, 0) is 11.3 Å². The molecule has 1 heterocycles. The number of rotatable bonds is 4. The Kier molecular flexibility index (Phi) is 5.96. The number of carbonyl (C=O) groups is 2. The van der Waals surface area contributed by atoms with Crippen molar-refractivity contribution in [3.63, 3.8) is 0 Å². The molecule has 0 saturated carbocycles. The van der Waals surface area contributed by atoms with Crippen LogP contribution in [0.2, 0.25) is 0 Å². The van der Waals surface area contributed by atoms with Crippen molar-refractivity contribution in [3.8, 4) is 0 Å². The third-order valence-corrected chi connectivity index (χ3v) is 4.94. The molecule has 0 radical (unpaired) electrons. The van der Waals surface area contributed by atoms with Gasteiger partial charge in [-0.1, -0.05) is 42.5 Å². The van der Waals surface area contributed by atoms with Gasteiger partial charge in [0.2, 0.25) is 5.91 Å². The van der Waals surface area contributed by atoms with Gasteiger partial charge in [0, 0.05) is 32.6 Å². The molecule has 0 aromatic heterocycles.